The highest BCUT2D eigenvalue weighted by molar-refractivity contribution is 7.92. The first-order valence-electron chi connectivity index (χ1n) is 10.6. The van der Waals surface area contributed by atoms with Crippen LogP contribution in [0.25, 0.3) is 0 Å². The van der Waals surface area contributed by atoms with Crippen LogP contribution in [0, 0.1) is 0 Å². The number of hydrogen-bond donors (Lipinski definition) is 1. The molecule has 0 saturated carbocycles. The Balaban J connectivity index is 1.79. The summed E-state index contributed by atoms with van der Waals surface area (Å²) in [6.45, 7) is 1.81. The molecule has 0 unspecified atom stereocenters. The van der Waals surface area contributed by atoms with Crippen LogP contribution in [-0.4, -0.2) is 34.8 Å². The van der Waals surface area contributed by atoms with Gasteiger partial charge in [-0.2, -0.15) is 0 Å². The Morgan fingerprint density at radius 1 is 0.971 bits per heavy atom. The zero-order valence-electron chi connectivity index (χ0n) is 19.7. The van der Waals surface area contributed by atoms with Gasteiger partial charge in [0, 0.05) is 21.2 Å². The van der Waals surface area contributed by atoms with Gasteiger partial charge < -0.3 is 14.8 Å². The molecule has 0 fully saturated rings. The summed E-state index contributed by atoms with van der Waals surface area (Å²) in [5.74, 6) is 0.854. The molecule has 0 spiro atoms. The maximum atomic E-state index is 12.8. The zero-order chi connectivity index (χ0) is 25.8. The highest BCUT2D eigenvalue weighted by atomic mass is 35.5. The predicted molar refractivity (Wildman–Crippen MR) is 139 cm³/mol. The van der Waals surface area contributed by atoms with E-state index >= 15 is 0 Å². The standard InChI is InChI=1S/C25H26Cl2N2O5S/c1-16(18-10-13-23(33-2)24(14-18)34-3)28-25(30)17-8-11-19(12-9-17)29(35(4,31)32)15-20-21(26)6-5-7-22(20)27/h5-14,16H,15H2,1-4H3,(H,28,30)/t16-/m0/s1. The quantitative estimate of drug-likeness (QED) is 0.392. The number of hydrogen-bond acceptors (Lipinski definition) is 5. The van der Waals surface area contributed by atoms with Gasteiger partial charge in [-0.15, -0.1) is 0 Å². The molecule has 0 heterocycles. The van der Waals surface area contributed by atoms with Crippen molar-refractivity contribution in [2.45, 2.75) is 19.5 Å². The minimum Gasteiger partial charge on any atom is -0.493 e. The smallest absolute Gasteiger partial charge is 0.251 e. The summed E-state index contributed by atoms with van der Waals surface area (Å²) in [4.78, 5) is 12.8. The summed E-state index contributed by atoms with van der Waals surface area (Å²) < 4.78 is 36.8. The van der Waals surface area contributed by atoms with Gasteiger partial charge in [-0.1, -0.05) is 35.3 Å². The van der Waals surface area contributed by atoms with E-state index < -0.39 is 10.0 Å². The molecule has 0 aliphatic heterocycles. The summed E-state index contributed by atoms with van der Waals surface area (Å²) in [6.07, 6.45) is 1.10. The van der Waals surface area contributed by atoms with Crippen molar-refractivity contribution in [3.63, 3.8) is 0 Å². The van der Waals surface area contributed by atoms with Crippen LogP contribution < -0.4 is 19.1 Å². The number of amides is 1. The molecule has 3 rings (SSSR count). The van der Waals surface area contributed by atoms with Crippen LogP contribution in [0.1, 0.15) is 34.5 Å². The predicted octanol–water partition coefficient (Wildman–Crippen LogP) is 5.47. The first kappa shape index (κ1) is 26.7. The fourth-order valence-corrected chi connectivity index (χ4v) is 4.88. The second-order valence-electron chi connectivity index (χ2n) is 7.83. The molecule has 0 aromatic heterocycles. The van der Waals surface area contributed by atoms with E-state index in [1.807, 2.05) is 13.0 Å². The first-order chi connectivity index (χ1) is 16.5. The van der Waals surface area contributed by atoms with Gasteiger partial charge in [0.25, 0.3) is 5.91 Å². The van der Waals surface area contributed by atoms with Gasteiger partial charge in [0.2, 0.25) is 10.0 Å². The molecule has 3 aromatic carbocycles. The molecule has 0 saturated heterocycles. The van der Waals surface area contributed by atoms with Crippen LogP contribution in [0.5, 0.6) is 11.5 Å². The Kier molecular flexibility index (Phi) is 8.53. The van der Waals surface area contributed by atoms with E-state index in [2.05, 4.69) is 5.32 Å². The molecule has 7 nitrogen and oxygen atoms in total. The number of benzene rings is 3. The van der Waals surface area contributed by atoms with E-state index in [1.54, 1.807) is 68.8 Å². The molecular weight excluding hydrogens is 511 g/mol. The largest absolute Gasteiger partial charge is 0.493 e. The number of anilines is 1. The molecule has 1 N–H and O–H groups in total. The van der Waals surface area contributed by atoms with Gasteiger partial charge >= 0.3 is 0 Å². The molecular formula is C25H26Cl2N2O5S. The van der Waals surface area contributed by atoms with Crippen molar-refractivity contribution in [1.29, 1.82) is 0 Å². The zero-order valence-corrected chi connectivity index (χ0v) is 22.0. The lowest BCUT2D eigenvalue weighted by Gasteiger charge is -2.24. The number of ether oxygens (including phenoxy) is 2. The van der Waals surface area contributed by atoms with E-state index in [-0.39, 0.29) is 18.5 Å². The maximum Gasteiger partial charge on any atom is 0.251 e. The Morgan fingerprint density at radius 3 is 2.11 bits per heavy atom. The fraction of sp³-hybridized carbons (Fsp3) is 0.240. The summed E-state index contributed by atoms with van der Waals surface area (Å²) in [6, 6.07) is 16.4. The molecule has 0 radical (unpaired) electrons. The van der Waals surface area contributed by atoms with Crippen LogP contribution in [-0.2, 0) is 16.6 Å². The number of halogens is 2. The van der Waals surface area contributed by atoms with Crippen molar-refractivity contribution in [3.05, 3.63) is 87.4 Å². The molecule has 1 atom stereocenters. The summed E-state index contributed by atoms with van der Waals surface area (Å²) >= 11 is 12.5. The van der Waals surface area contributed by atoms with Crippen molar-refractivity contribution < 1.29 is 22.7 Å². The van der Waals surface area contributed by atoms with Crippen molar-refractivity contribution >= 4 is 44.8 Å². The van der Waals surface area contributed by atoms with Crippen molar-refractivity contribution in [2.24, 2.45) is 0 Å². The summed E-state index contributed by atoms with van der Waals surface area (Å²) in [5, 5.41) is 3.67. The van der Waals surface area contributed by atoms with Crippen molar-refractivity contribution in [3.8, 4) is 11.5 Å². The second-order valence-corrected chi connectivity index (χ2v) is 10.5. The number of carbonyl (C=O) groups is 1. The average molecular weight is 537 g/mol. The van der Waals surface area contributed by atoms with E-state index in [0.29, 0.717) is 38.4 Å². The summed E-state index contributed by atoms with van der Waals surface area (Å²) in [5.41, 5.74) is 2.09. The van der Waals surface area contributed by atoms with Gasteiger partial charge in [-0.05, 0) is 61.0 Å². The average Bonchev–Trinajstić information content (AvgIpc) is 2.82. The third kappa shape index (κ3) is 6.39. The lowest BCUT2D eigenvalue weighted by molar-refractivity contribution is 0.0940. The van der Waals surface area contributed by atoms with E-state index in [1.165, 1.54) is 4.31 Å². The SMILES string of the molecule is COc1ccc([C@H](C)NC(=O)c2ccc(N(Cc3c(Cl)cccc3Cl)S(C)(=O)=O)cc2)cc1OC. The van der Waals surface area contributed by atoms with Crippen molar-refractivity contribution in [1.82, 2.24) is 5.32 Å². The van der Waals surface area contributed by atoms with Gasteiger partial charge in [0.05, 0.1) is 38.7 Å². The topological polar surface area (TPSA) is 84.9 Å². The van der Waals surface area contributed by atoms with Gasteiger partial charge in [-0.25, -0.2) is 8.42 Å². The maximum absolute atomic E-state index is 12.8. The van der Waals surface area contributed by atoms with Crippen LogP contribution >= 0.6 is 23.2 Å². The molecule has 0 aliphatic carbocycles. The van der Waals surface area contributed by atoms with Gasteiger partial charge in [0.15, 0.2) is 11.5 Å². The molecule has 186 valence electrons. The molecule has 0 aliphatic rings. The number of sulfonamides is 1. The fourth-order valence-electron chi connectivity index (χ4n) is 3.49. The van der Waals surface area contributed by atoms with E-state index in [9.17, 15) is 13.2 Å². The lowest BCUT2D eigenvalue weighted by atomic mass is 10.1. The van der Waals surface area contributed by atoms with Crippen LogP contribution in [0.4, 0.5) is 5.69 Å². The summed E-state index contributed by atoms with van der Waals surface area (Å²) in [7, 11) is -0.553. The molecule has 3 aromatic rings. The normalized spacial score (nSPS) is 12.1. The van der Waals surface area contributed by atoms with Crippen LogP contribution in [0.15, 0.2) is 60.7 Å². The number of carbonyl (C=O) groups excluding carboxylic acids is 1. The molecule has 1 amide bonds. The highest BCUT2D eigenvalue weighted by Crippen LogP contribution is 2.31. The molecule has 0 bridgehead atoms. The van der Waals surface area contributed by atoms with Crippen LogP contribution in [0.3, 0.4) is 0 Å². The Morgan fingerprint density at radius 2 is 1.57 bits per heavy atom. The first-order valence-corrected chi connectivity index (χ1v) is 13.2. The molecule has 35 heavy (non-hydrogen) atoms. The number of rotatable bonds is 9. The minimum atomic E-state index is -3.66. The lowest BCUT2D eigenvalue weighted by Crippen LogP contribution is -2.30. The van der Waals surface area contributed by atoms with E-state index in [0.717, 1.165) is 11.8 Å². The Bertz CT molecular complexity index is 1290. The second kappa shape index (κ2) is 11.2. The third-order valence-electron chi connectivity index (χ3n) is 5.44. The van der Waals surface area contributed by atoms with Gasteiger partial charge in [0.1, 0.15) is 0 Å². The number of methoxy groups -OCH3 is 2. The van der Waals surface area contributed by atoms with Gasteiger partial charge in [-0.3, -0.25) is 9.10 Å². The monoisotopic (exact) mass is 536 g/mol. The highest BCUT2D eigenvalue weighted by Gasteiger charge is 2.21. The Hall–Kier alpha value is -2.94. The van der Waals surface area contributed by atoms with E-state index in [4.69, 9.17) is 32.7 Å². The van der Waals surface area contributed by atoms with Crippen molar-refractivity contribution in [2.75, 3.05) is 24.8 Å². The van der Waals surface area contributed by atoms with Crippen LogP contribution in [0.2, 0.25) is 10.0 Å². The minimum absolute atomic E-state index is 0.0424. The third-order valence-corrected chi connectivity index (χ3v) is 7.29. The Labute approximate surface area is 215 Å². The number of nitrogens with one attached hydrogen (secondary N) is 1. The number of nitrogens with zero attached hydrogens (tertiary/aromatic N) is 1. The molecule has 10 heteroatoms.